The lowest BCUT2D eigenvalue weighted by atomic mass is 9.98. The van der Waals surface area contributed by atoms with Gasteiger partial charge < -0.3 is 5.32 Å². The fraction of sp³-hybridized carbons (Fsp3) is 0.286. The summed E-state index contributed by atoms with van der Waals surface area (Å²) >= 11 is 0. The minimum atomic E-state index is -4.44. The van der Waals surface area contributed by atoms with Crippen molar-refractivity contribution in [3.05, 3.63) is 69.2 Å². The highest BCUT2D eigenvalue weighted by Gasteiger charge is 2.30. The van der Waals surface area contributed by atoms with Crippen molar-refractivity contribution >= 4 is 17.9 Å². The van der Waals surface area contributed by atoms with Gasteiger partial charge in [0.15, 0.2) is 0 Å². The summed E-state index contributed by atoms with van der Waals surface area (Å²) in [5.74, 6) is -1.19. The molecular weight excluding hydrogens is 369 g/mol. The van der Waals surface area contributed by atoms with E-state index in [1.807, 2.05) is 32.1 Å². The fourth-order valence-corrected chi connectivity index (χ4v) is 3.05. The Kier molecular flexibility index (Phi) is 5.36. The number of alkyl halides is 3. The van der Waals surface area contributed by atoms with Crippen molar-refractivity contribution in [1.29, 1.82) is 0 Å². The Morgan fingerprint density at radius 3 is 2.43 bits per heavy atom. The van der Waals surface area contributed by atoms with Crippen LogP contribution in [0.1, 0.15) is 33.5 Å². The second-order valence-electron chi connectivity index (χ2n) is 6.79. The summed E-state index contributed by atoms with van der Waals surface area (Å²) in [6, 6.07) is 7.89. The standard InChI is InChI=1S/C21H19F3N2O2/c1-12-3-4-15-11-16(20(28)26-18(15)13(12)2)9-10-25-19(27)14-5-7-17(8-6-14)21(22,23)24/h3-8,11,16H,9-10H2,1-2H3,(H,25,27). The van der Waals surface area contributed by atoms with Crippen molar-refractivity contribution in [1.82, 2.24) is 5.32 Å². The Balaban J connectivity index is 1.63. The molecule has 0 spiro atoms. The lowest BCUT2D eigenvalue weighted by Crippen LogP contribution is -2.37. The number of benzene rings is 2. The molecule has 0 fully saturated rings. The predicted octanol–water partition coefficient (Wildman–Crippen LogP) is 2.70. The van der Waals surface area contributed by atoms with E-state index in [0.29, 0.717) is 11.8 Å². The van der Waals surface area contributed by atoms with Gasteiger partial charge in [-0.2, -0.15) is 13.2 Å². The molecule has 7 heteroatoms. The van der Waals surface area contributed by atoms with Crippen molar-refractivity contribution in [3.8, 4) is 0 Å². The van der Waals surface area contributed by atoms with Gasteiger partial charge in [0, 0.05) is 12.1 Å². The molecule has 1 aliphatic rings. The number of rotatable bonds is 4. The zero-order valence-electron chi connectivity index (χ0n) is 15.4. The number of carbonyl (C=O) groups is 2. The molecule has 0 aromatic heterocycles. The molecule has 2 aromatic carbocycles. The number of hydrogen-bond acceptors (Lipinski definition) is 2. The van der Waals surface area contributed by atoms with Crippen LogP contribution >= 0.6 is 0 Å². The van der Waals surface area contributed by atoms with Gasteiger partial charge in [-0.25, -0.2) is 4.99 Å². The SMILES string of the molecule is Cc1ccc2c(c1C)=NC(=O)C(CCNC(=O)c1ccc(C(F)(F)F)cc1)C=2. The third-order valence-corrected chi connectivity index (χ3v) is 4.87. The zero-order valence-corrected chi connectivity index (χ0v) is 15.4. The molecule has 0 saturated carbocycles. The molecule has 146 valence electrons. The van der Waals surface area contributed by atoms with Crippen molar-refractivity contribution in [2.24, 2.45) is 10.9 Å². The number of nitrogens with one attached hydrogen (secondary N) is 1. The monoisotopic (exact) mass is 388 g/mol. The summed E-state index contributed by atoms with van der Waals surface area (Å²) in [5.41, 5.74) is 1.35. The highest BCUT2D eigenvalue weighted by Crippen LogP contribution is 2.29. The number of fused-ring (bicyclic) bond motifs is 1. The molecule has 28 heavy (non-hydrogen) atoms. The Labute approximate surface area is 159 Å². The number of halogens is 3. The quantitative estimate of drug-likeness (QED) is 0.876. The van der Waals surface area contributed by atoms with Gasteiger partial charge in [-0.3, -0.25) is 9.59 Å². The van der Waals surface area contributed by atoms with Crippen LogP contribution in [-0.2, 0) is 11.0 Å². The van der Waals surface area contributed by atoms with Crippen LogP contribution in [0.2, 0.25) is 0 Å². The van der Waals surface area contributed by atoms with Crippen LogP contribution in [0.3, 0.4) is 0 Å². The maximum Gasteiger partial charge on any atom is 0.416 e. The molecule has 3 rings (SSSR count). The minimum Gasteiger partial charge on any atom is -0.352 e. The van der Waals surface area contributed by atoms with Crippen LogP contribution in [0.5, 0.6) is 0 Å². The van der Waals surface area contributed by atoms with Crippen molar-refractivity contribution in [2.75, 3.05) is 6.54 Å². The summed E-state index contributed by atoms with van der Waals surface area (Å²) in [7, 11) is 0. The van der Waals surface area contributed by atoms with E-state index >= 15 is 0 Å². The third kappa shape index (κ3) is 4.13. The van der Waals surface area contributed by atoms with E-state index < -0.39 is 23.6 Å². The van der Waals surface area contributed by atoms with Gasteiger partial charge in [0.1, 0.15) is 0 Å². The summed E-state index contributed by atoms with van der Waals surface area (Å²) in [6.45, 7) is 4.09. The molecule has 1 unspecified atom stereocenters. The van der Waals surface area contributed by atoms with Crippen LogP contribution in [0.4, 0.5) is 13.2 Å². The van der Waals surface area contributed by atoms with E-state index in [1.54, 1.807) is 0 Å². The van der Waals surface area contributed by atoms with E-state index in [2.05, 4.69) is 10.3 Å². The number of aryl methyl sites for hydroxylation is 1. The maximum atomic E-state index is 12.6. The first-order chi connectivity index (χ1) is 13.2. The molecule has 0 saturated heterocycles. The minimum absolute atomic E-state index is 0.132. The van der Waals surface area contributed by atoms with Crippen LogP contribution in [-0.4, -0.2) is 18.4 Å². The molecule has 1 heterocycles. The van der Waals surface area contributed by atoms with Gasteiger partial charge in [-0.1, -0.05) is 18.2 Å². The summed E-state index contributed by atoms with van der Waals surface area (Å²) in [6.07, 6.45) is -2.23. The van der Waals surface area contributed by atoms with Crippen LogP contribution < -0.4 is 15.9 Å². The molecule has 4 nitrogen and oxygen atoms in total. The molecule has 2 aromatic rings. The Morgan fingerprint density at radius 2 is 1.79 bits per heavy atom. The average molecular weight is 388 g/mol. The van der Waals surface area contributed by atoms with Crippen LogP contribution in [0.15, 0.2) is 41.4 Å². The van der Waals surface area contributed by atoms with Gasteiger partial charge in [-0.05, 0) is 60.9 Å². The normalized spacial score (nSPS) is 16.0. The number of carbonyl (C=O) groups excluding carboxylic acids is 2. The molecule has 0 bridgehead atoms. The van der Waals surface area contributed by atoms with Gasteiger partial charge >= 0.3 is 6.18 Å². The fourth-order valence-electron chi connectivity index (χ4n) is 3.05. The Morgan fingerprint density at radius 1 is 1.11 bits per heavy atom. The molecule has 2 amide bonds. The first-order valence-electron chi connectivity index (χ1n) is 8.83. The Bertz CT molecular complexity index is 1040. The first-order valence-corrected chi connectivity index (χ1v) is 8.83. The van der Waals surface area contributed by atoms with Crippen LogP contribution in [0, 0.1) is 19.8 Å². The first kappa shape index (κ1) is 19.8. The van der Waals surface area contributed by atoms with Gasteiger partial charge in [-0.15, -0.1) is 0 Å². The van der Waals surface area contributed by atoms with Crippen molar-refractivity contribution < 1.29 is 22.8 Å². The number of nitrogens with zero attached hydrogens (tertiary/aromatic N) is 1. The molecule has 1 atom stereocenters. The summed E-state index contributed by atoms with van der Waals surface area (Å²) in [4.78, 5) is 28.6. The highest BCUT2D eigenvalue weighted by atomic mass is 19.4. The zero-order chi connectivity index (χ0) is 20.5. The molecule has 0 radical (unpaired) electrons. The average Bonchev–Trinajstić information content (AvgIpc) is 2.65. The van der Waals surface area contributed by atoms with E-state index in [1.165, 1.54) is 0 Å². The Hall–Kier alpha value is -2.96. The van der Waals surface area contributed by atoms with E-state index in [-0.39, 0.29) is 18.0 Å². The van der Waals surface area contributed by atoms with Crippen molar-refractivity contribution in [2.45, 2.75) is 26.4 Å². The maximum absolute atomic E-state index is 12.6. The third-order valence-electron chi connectivity index (χ3n) is 4.87. The summed E-state index contributed by atoms with van der Waals surface area (Å²) in [5, 5.41) is 4.22. The number of hydrogen-bond donors (Lipinski definition) is 1. The van der Waals surface area contributed by atoms with E-state index in [0.717, 1.165) is 40.6 Å². The van der Waals surface area contributed by atoms with Gasteiger partial charge in [0.05, 0.1) is 16.8 Å². The predicted molar refractivity (Wildman–Crippen MR) is 98.1 cm³/mol. The lowest BCUT2D eigenvalue weighted by molar-refractivity contribution is -0.137. The largest absolute Gasteiger partial charge is 0.416 e. The topological polar surface area (TPSA) is 58.5 Å². The van der Waals surface area contributed by atoms with E-state index in [4.69, 9.17) is 0 Å². The second kappa shape index (κ2) is 7.58. The summed E-state index contributed by atoms with van der Waals surface area (Å²) < 4.78 is 37.7. The highest BCUT2D eigenvalue weighted by molar-refractivity contribution is 5.94. The molecular formula is C21H19F3N2O2. The smallest absolute Gasteiger partial charge is 0.352 e. The van der Waals surface area contributed by atoms with Gasteiger partial charge in [0.25, 0.3) is 11.8 Å². The molecule has 1 aliphatic heterocycles. The molecule has 1 N–H and O–H groups in total. The lowest BCUT2D eigenvalue weighted by Gasteiger charge is -2.14. The van der Waals surface area contributed by atoms with E-state index in [9.17, 15) is 22.8 Å². The van der Waals surface area contributed by atoms with Crippen molar-refractivity contribution in [3.63, 3.8) is 0 Å². The number of amides is 2. The second-order valence-corrected chi connectivity index (χ2v) is 6.79. The van der Waals surface area contributed by atoms with Gasteiger partial charge in [0.2, 0.25) is 0 Å². The van der Waals surface area contributed by atoms with Crippen LogP contribution in [0.25, 0.3) is 6.08 Å². The molecule has 0 aliphatic carbocycles.